The Morgan fingerprint density at radius 1 is 1.58 bits per heavy atom. The highest BCUT2D eigenvalue weighted by molar-refractivity contribution is 7.89. The van der Waals surface area contributed by atoms with Crippen LogP contribution in [0.1, 0.15) is 29.4 Å². The van der Waals surface area contributed by atoms with E-state index in [2.05, 4.69) is 16.6 Å². The fourth-order valence-electron chi connectivity index (χ4n) is 3.24. The third-order valence-corrected chi connectivity index (χ3v) is 6.42. The minimum Gasteiger partial charge on any atom is -0.488 e. The molecule has 2 aromatic rings. The topological polar surface area (TPSA) is 133 Å². The van der Waals surface area contributed by atoms with Gasteiger partial charge in [-0.3, -0.25) is 4.79 Å². The number of carbonyl (C=O) groups excluding carboxylic acids is 1. The van der Waals surface area contributed by atoms with Gasteiger partial charge < -0.3 is 19.7 Å². The van der Waals surface area contributed by atoms with Crippen molar-refractivity contribution in [3.05, 3.63) is 54.1 Å². The van der Waals surface area contributed by atoms with Crippen molar-refractivity contribution in [2.75, 3.05) is 11.9 Å². The summed E-state index contributed by atoms with van der Waals surface area (Å²) in [5, 5.41) is 22.1. The second-order valence-corrected chi connectivity index (χ2v) is 9.06. The molecule has 1 amide bonds. The smallest absolute Gasteiger partial charge is 0.276 e. The molecule has 2 heterocycles. The summed E-state index contributed by atoms with van der Waals surface area (Å²) >= 11 is 0. The number of aryl methyl sites for hydroxylation is 1. The Morgan fingerprint density at radius 2 is 2.29 bits per heavy atom. The van der Waals surface area contributed by atoms with Crippen molar-refractivity contribution in [2.24, 2.45) is 7.05 Å². The molecule has 0 bridgehead atoms. The predicted molar refractivity (Wildman–Crippen MR) is 110 cm³/mol. The van der Waals surface area contributed by atoms with Gasteiger partial charge in [0.1, 0.15) is 23.4 Å². The van der Waals surface area contributed by atoms with Crippen LogP contribution in [0.15, 0.2) is 41.9 Å². The number of hydrogen-bond donors (Lipinski definition) is 3. The van der Waals surface area contributed by atoms with Gasteiger partial charge in [0.2, 0.25) is 10.0 Å². The van der Waals surface area contributed by atoms with Crippen LogP contribution in [0, 0.1) is 17.1 Å². The van der Waals surface area contributed by atoms with Crippen LogP contribution in [-0.2, 0) is 17.1 Å². The number of rotatable bonds is 5. The van der Waals surface area contributed by atoms with Gasteiger partial charge in [0.25, 0.3) is 5.91 Å². The van der Waals surface area contributed by atoms with Crippen LogP contribution in [0.5, 0.6) is 5.75 Å². The van der Waals surface area contributed by atoms with E-state index in [9.17, 15) is 22.7 Å². The van der Waals surface area contributed by atoms with E-state index in [4.69, 9.17) is 10.00 Å². The standard InChI is InChI=1S/C20H21FN4O5S/c1-4-7-20(2,27)16-11-30-18-15(31(28,29)24-16)10-25(3)17(18)19(26)23-13-5-6-14(21)12(8-13)9-22/h4-6,8,10,16,24,27H,1,7,11H2,2-3H3,(H,23,26)/t16-,20+/m0/s1. The molecule has 1 aliphatic heterocycles. The number of hydrogen-bond acceptors (Lipinski definition) is 6. The van der Waals surface area contributed by atoms with Crippen LogP contribution in [-0.4, -0.2) is 42.2 Å². The van der Waals surface area contributed by atoms with Gasteiger partial charge in [0.15, 0.2) is 11.4 Å². The maximum absolute atomic E-state index is 13.5. The van der Waals surface area contributed by atoms with Gasteiger partial charge in [-0.2, -0.15) is 5.26 Å². The maximum atomic E-state index is 13.5. The number of nitrogens with zero attached hydrogens (tertiary/aromatic N) is 2. The molecule has 0 fully saturated rings. The highest BCUT2D eigenvalue weighted by atomic mass is 32.2. The quantitative estimate of drug-likeness (QED) is 0.596. The van der Waals surface area contributed by atoms with E-state index < -0.39 is 33.4 Å². The van der Waals surface area contributed by atoms with E-state index >= 15 is 0 Å². The third kappa shape index (κ3) is 4.32. The highest BCUT2D eigenvalue weighted by Gasteiger charge is 2.41. The zero-order chi connectivity index (χ0) is 23.0. The Bertz CT molecular complexity index is 1200. The summed E-state index contributed by atoms with van der Waals surface area (Å²) in [6, 6.07) is 4.17. The molecule has 1 aromatic heterocycles. The normalized spacial score (nSPS) is 19.1. The van der Waals surface area contributed by atoms with Crippen molar-refractivity contribution in [1.82, 2.24) is 9.29 Å². The fraction of sp³-hybridized carbons (Fsp3) is 0.300. The average Bonchev–Trinajstić information content (AvgIpc) is 2.97. The Morgan fingerprint density at radius 3 is 2.94 bits per heavy atom. The first-order valence-corrected chi connectivity index (χ1v) is 10.7. The number of halogens is 1. The fourth-order valence-corrected chi connectivity index (χ4v) is 4.76. The summed E-state index contributed by atoms with van der Waals surface area (Å²) < 4.78 is 48.6. The van der Waals surface area contributed by atoms with E-state index in [0.29, 0.717) is 0 Å². The van der Waals surface area contributed by atoms with Gasteiger partial charge in [-0.15, -0.1) is 6.58 Å². The largest absolute Gasteiger partial charge is 0.488 e. The van der Waals surface area contributed by atoms with Crippen LogP contribution in [0.25, 0.3) is 0 Å². The minimum atomic E-state index is -4.12. The minimum absolute atomic E-state index is 0.0905. The Kier molecular flexibility index (Phi) is 5.91. The first-order valence-electron chi connectivity index (χ1n) is 9.19. The zero-order valence-corrected chi connectivity index (χ0v) is 17.7. The van der Waals surface area contributed by atoms with Crippen LogP contribution < -0.4 is 14.8 Å². The van der Waals surface area contributed by atoms with E-state index in [1.807, 2.05) is 0 Å². The maximum Gasteiger partial charge on any atom is 0.276 e. The molecule has 1 aromatic carbocycles. The van der Waals surface area contributed by atoms with Gasteiger partial charge in [-0.25, -0.2) is 17.5 Å². The average molecular weight is 448 g/mol. The Hall–Kier alpha value is -3.20. The summed E-state index contributed by atoms with van der Waals surface area (Å²) in [7, 11) is -2.64. The molecule has 3 N–H and O–H groups in total. The number of aliphatic hydroxyl groups is 1. The van der Waals surface area contributed by atoms with Gasteiger partial charge in [0.05, 0.1) is 17.2 Å². The summed E-state index contributed by atoms with van der Waals surface area (Å²) in [4.78, 5) is 12.6. The summed E-state index contributed by atoms with van der Waals surface area (Å²) in [6.07, 6.45) is 2.80. The predicted octanol–water partition coefficient (Wildman–Crippen LogP) is 1.65. The van der Waals surface area contributed by atoms with Gasteiger partial charge in [-0.05, 0) is 31.5 Å². The molecule has 9 nitrogen and oxygen atoms in total. The van der Waals surface area contributed by atoms with Crippen molar-refractivity contribution in [3.8, 4) is 11.8 Å². The monoisotopic (exact) mass is 448 g/mol. The molecule has 3 rings (SSSR count). The molecule has 164 valence electrons. The van der Waals surface area contributed by atoms with Crippen LogP contribution in [0.3, 0.4) is 0 Å². The first kappa shape index (κ1) is 22.5. The lowest BCUT2D eigenvalue weighted by molar-refractivity contribution is 0.0143. The van der Waals surface area contributed by atoms with Crippen LogP contribution in [0.4, 0.5) is 10.1 Å². The van der Waals surface area contributed by atoms with Crippen molar-refractivity contribution in [2.45, 2.75) is 29.9 Å². The molecule has 2 atom stereocenters. The first-order chi connectivity index (χ1) is 14.5. The lowest BCUT2D eigenvalue weighted by Gasteiger charge is -2.30. The number of ether oxygens (including phenoxy) is 1. The number of fused-ring (bicyclic) bond motifs is 1. The van der Waals surface area contributed by atoms with Gasteiger partial charge >= 0.3 is 0 Å². The Balaban J connectivity index is 1.97. The molecule has 0 saturated heterocycles. The van der Waals surface area contributed by atoms with Gasteiger partial charge in [0, 0.05) is 18.9 Å². The number of sulfonamides is 1. The number of carbonyl (C=O) groups is 1. The van der Waals surface area contributed by atoms with E-state index in [1.165, 1.54) is 36.9 Å². The highest BCUT2D eigenvalue weighted by Crippen LogP contribution is 2.34. The van der Waals surface area contributed by atoms with Gasteiger partial charge in [-0.1, -0.05) is 6.08 Å². The molecule has 0 unspecified atom stereocenters. The van der Waals surface area contributed by atoms with E-state index in [1.54, 1.807) is 6.07 Å². The van der Waals surface area contributed by atoms with Crippen LogP contribution in [0.2, 0.25) is 0 Å². The Labute approximate surface area is 178 Å². The summed E-state index contributed by atoms with van der Waals surface area (Å²) in [6.45, 7) is 4.78. The van der Waals surface area contributed by atoms with Crippen molar-refractivity contribution >= 4 is 21.6 Å². The van der Waals surface area contributed by atoms with Crippen molar-refractivity contribution in [1.29, 1.82) is 5.26 Å². The number of aromatic nitrogens is 1. The van der Waals surface area contributed by atoms with Crippen LogP contribution >= 0.6 is 0 Å². The molecule has 1 aliphatic rings. The van der Waals surface area contributed by atoms with E-state index in [-0.39, 0.29) is 40.6 Å². The molecular formula is C20H21FN4O5S. The lowest BCUT2D eigenvalue weighted by atomic mass is 9.94. The van der Waals surface area contributed by atoms with E-state index in [0.717, 1.165) is 12.1 Å². The van der Waals surface area contributed by atoms with Crippen molar-refractivity contribution in [3.63, 3.8) is 0 Å². The summed E-state index contributed by atoms with van der Waals surface area (Å²) in [5.41, 5.74) is -1.66. The number of amides is 1. The number of anilines is 1. The molecule has 31 heavy (non-hydrogen) atoms. The lowest BCUT2D eigenvalue weighted by Crippen LogP contribution is -2.52. The second-order valence-electron chi connectivity index (χ2n) is 7.38. The molecule has 0 spiro atoms. The zero-order valence-electron chi connectivity index (χ0n) is 16.8. The SMILES string of the molecule is C=CC[C@@](C)(O)[C@@H]1COc2c(cn(C)c2C(=O)Nc2ccc(F)c(C#N)c2)S(=O)(=O)N1. The third-order valence-electron chi connectivity index (χ3n) is 4.95. The molecule has 11 heteroatoms. The number of nitrogens with one attached hydrogen (secondary N) is 2. The molecule has 0 saturated carbocycles. The number of benzene rings is 1. The van der Waals surface area contributed by atoms with Crippen molar-refractivity contribution < 1.29 is 27.4 Å². The molecule has 0 aliphatic carbocycles. The molecule has 0 radical (unpaired) electrons. The number of nitriles is 1. The summed E-state index contributed by atoms with van der Waals surface area (Å²) in [5.74, 6) is -1.62. The molecular weight excluding hydrogens is 427 g/mol. The second kappa shape index (κ2) is 8.14.